The highest BCUT2D eigenvalue weighted by Gasteiger charge is 2.40. The Labute approximate surface area is 149 Å². The molecule has 0 spiro atoms. The van der Waals surface area contributed by atoms with Gasteiger partial charge in [0.1, 0.15) is 0 Å². The molecule has 0 fully saturated rings. The van der Waals surface area contributed by atoms with Crippen LogP contribution in [0.4, 0.5) is 18.3 Å². The Kier molecular flexibility index (Phi) is 4.53. The second-order valence-corrected chi connectivity index (χ2v) is 6.34. The van der Waals surface area contributed by atoms with Crippen molar-refractivity contribution in [1.82, 2.24) is 14.8 Å². The van der Waals surface area contributed by atoms with Crippen molar-refractivity contribution in [2.75, 3.05) is 5.32 Å². The first-order valence-corrected chi connectivity index (χ1v) is 8.16. The van der Waals surface area contributed by atoms with Crippen LogP contribution in [0, 0.1) is 6.92 Å². The zero-order chi connectivity index (χ0) is 18.2. The average Bonchev–Trinajstić information content (AvgIpc) is 3.14. The molecular weight excluding hydrogens is 377 g/mol. The number of hydrogen-bond donors (Lipinski definition) is 1. The van der Waals surface area contributed by atoms with E-state index < -0.39 is 23.3 Å². The van der Waals surface area contributed by atoms with Gasteiger partial charge in [0, 0.05) is 10.4 Å². The van der Waals surface area contributed by atoms with Crippen LogP contribution in [0.1, 0.15) is 21.7 Å². The van der Waals surface area contributed by atoms with E-state index in [0.29, 0.717) is 15.4 Å². The van der Waals surface area contributed by atoms with Gasteiger partial charge >= 0.3 is 6.18 Å². The number of nitrogens with zero attached hydrogens (tertiary/aromatic N) is 3. The Bertz CT molecular complexity index is 918. The summed E-state index contributed by atoms with van der Waals surface area (Å²) < 4.78 is 41.3. The first-order chi connectivity index (χ1) is 11.8. The van der Waals surface area contributed by atoms with Crippen molar-refractivity contribution in [3.8, 4) is 5.69 Å². The predicted molar refractivity (Wildman–Crippen MR) is 88.4 cm³/mol. The first kappa shape index (κ1) is 17.4. The van der Waals surface area contributed by atoms with Crippen LogP contribution in [0.2, 0.25) is 5.02 Å². The van der Waals surface area contributed by atoms with Crippen LogP contribution in [0.3, 0.4) is 0 Å². The number of aryl methyl sites for hydroxylation is 1. The maximum Gasteiger partial charge on any atom is 0.434 e. The number of halogens is 4. The lowest BCUT2D eigenvalue weighted by Crippen LogP contribution is -2.20. The topological polar surface area (TPSA) is 59.8 Å². The number of amides is 1. The Balaban J connectivity index is 2.02. The summed E-state index contributed by atoms with van der Waals surface area (Å²) in [6.45, 7) is 1.71. The number of carbonyl (C=O) groups is 1. The number of nitrogens with one attached hydrogen (secondary N) is 1. The van der Waals surface area contributed by atoms with Crippen molar-refractivity contribution in [2.24, 2.45) is 0 Å². The molecule has 0 aliphatic rings. The smallest absolute Gasteiger partial charge is 0.298 e. The van der Waals surface area contributed by atoms with Crippen LogP contribution in [-0.2, 0) is 6.18 Å². The van der Waals surface area contributed by atoms with Gasteiger partial charge in [-0.1, -0.05) is 11.6 Å². The second kappa shape index (κ2) is 6.49. The van der Waals surface area contributed by atoms with E-state index in [4.69, 9.17) is 11.6 Å². The molecule has 5 nitrogen and oxygen atoms in total. The number of rotatable bonds is 3. The van der Waals surface area contributed by atoms with Crippen molar-refractivity contribution in [3.63, 3.8) is 0 Å². The maximum atomic E-state index is 13.5. The lowest BCUT2D eigenvalue weighted by atomic mass is 10.2. The highest BCUT2D eigenvalue weighted by Crippen LogP contribution is 2.34. The number of carbonyl (C=O) groups excluding carboxylic acids is 1. The van der Waals surface area contributed by atoms with E-state index in [9.17, 15) is 18.0 Å². The average molecular weight is 387 g/mol. The number of alkyl halides is 3. The van der Waals surface area contributed by atoms with Gasteiger partial charge in [-0.25, -0.2) is 9.67 Å². The molecule has 0 saturated heterocycles. The Morgan fingerprint density at radius 3 is 2.52 bits per heavy atom. The minimum absolute atomic E-state index is 0.140. The number of benzene rings is 1. The SMILES string of the molecule is Cc1csc(NC(=O)c2cnn(-c3ccc(Cl)cc3)c2C(F)(F)F)n1. The van der Waals surface area contributed by atoms with Crippen LogP contribution in [0.15, 0.2) is 35.8 Å². The van der Waals surface area contributed by atoms with Gasteiger partial charge < -0.3 is 0 Å². The third-order valence-corrected chi connectivity index (χ3v) is 4.32. The summed E-state index contributed by atoms with van der Waals surface area (Å²) in [5.74, 6) is -0.929. The minimum atomic E-state index is -4.78. The van der Waals surface area contributed by atoms with Gasteiger partial charge in [-0.05, 0) is 31.2 Å². The molecule has 0 aliphatic heterocycles. The molecule has 25 heavy (non-hydrogen) atoms. The molecule has 0 radical (unpaired) electrons. The van der Waals surface area contributed by atoms with Crippen molar-refractivity contribution in [3.05, 3.63) is 57.8 Å². The Morgan fingerprint density at radius 1 is 1.28 bits per heavy atom. The molecule has 10 heteroatoms. The molecular formula is C15H10ClF3N4OS. The van der Waals surface area contributed by atoms with E-state index in [1.807, 2.05) is 0 Å². The fourth-order valence-electron chi connectivity index (χ4n) is 2.14. The fourth-order valence-corrected chi connectivity index (χ4v) is 2.95. The number of hydrogen-bond acceptors (Lipinski definition) is 4. The fraction of sp³-hybridized carbons (Fsp3) is 0.133. The minimum Gasteiger partial charge on any atom is -0.298 e. The zero-order valence-electron chi connectivity index (χ0n) is 12.6. The molecule has 3 aromatic rings. The van der Waals surface area contributed by atoms with Gasteiger partial charge in [0.2, 0.25) is 0 Å². The van der Waals surface area contributed by atoms with Gasteiger partial charge in [0.25, 0.3) is 5.91 Å². The normalized spacial score (nSPS) is 11.6. The molecule has 130 valence electrons. The highest BCUT2D eigenvalue weighted by molar-refractivity contribution is 7.13. The third kappa shape index (κ3) is 3.67. The van der Waals surface area contributed by atoms with Crippen LogP contribution in [0.5, 0.6) is 0 Å². The monoisotopic (exact) mass is 386 g/mol. The second-order valence-electron chi connectivity index (χ2n) is 5.04. The number of thiazole rings is 1. The Morgan fingerprint density at radius 2 is 1.96 bits per heavy atom. The molecule has 0 bridgehead atoms. The van der Waals surface area contributed by atoms with Gasteiger partial charge in [-0.2, -0.15) is 18.3 Å². The van der Waals surface area contributed by atoms with Crippen molar-refractivity contribution < 1.29 is 18.0 Å². The zero-order valence-corrected chi connectivity index (χ0v) is 14.2. The predicted octanol–water partition coefficient (Wildman–Crippen LogP) is 4.56. The molecule has 0 aliphatic carbocycles. The summed E-state index contributed by atoms with van der Waals surface area (Å²) in [6, 6.07) is 5.65. The molecule has 3 rings (SSSR count). The lowest BCUT2D eigenvalue weighted by Gasteiger charge is -2.12. The van der Waals surface area contributed by atoms with E-state index >= 15 is 0 Å². The van der Waals surface area contributed by atoms with E-state index in [1.54, 1.807) is 12.3 Å². The van der Waals surface area contributed by atoms with Gasteiger partial charge in [0.05, 0.1) is 23.1 Å². The van der Waals surface area contributed by atoms with Crippen LogP contribution in [0.25, 0.3) is 5.69 Å². The largest absolute Gasteiger partial charge is 0.434 e. The van der Waals surface area contributed by atoms with Gasteiger partial charge in [-0.3, -0.25) is 10.1 Å². The molecule has 1 N–H and O–H groups in total. The van der Waals surface area contributed by atoms with Crippen molar-refractivity contribution in [1.29, 1.82) is 0 Å². The first-order valence-electron chi connectivity index (χ1n) is 6.90. The van der Waals surface area contributed by atoms with Crippen LogP contribution < -0.4 is 5.32 Å². The molecule has 1 amide bonds. The molecule has 2 heterocycles. The van der Waals surface area contributed by atoms with Gasteiger partial charge in [0.15, 0.2) is 10.8 Å². The molecule has 0 saturated carbocycles. The summed E-state index contributed by atoms with van der Waals surface area (Å²) in [5, 5.41) is 8.36. The van der Waals surface area contributed by atoms with Gasteiger partial charge in [-0.15, -0.1) is 11.3 Å². The summed E-state index contributed by atoms with van der Waals surface area (Å²) in [5.41, 5.74) is -0.954. The van der Waals surface area contributed by atoms with E-state index in [0.717, 1.165) is 17.5 Å². The van der Waals surface area contributed by atoms with Crippen molar-refractivity contribution in [2.45, 2.75) is 13.1 Å². The van der Waals surface area contributed by atoms with E-state index in [1.165, 1.54) is 24.3 Å². The quantitative estimate of drug-likeness (QED) is 0.717. The number of anilines is 1. The molecule has 0 unspecified atom stereocenters. The van der Waals surface area contributed by atoms with Crippen LogP contribution in [-0.4, -0.2) is 20.7 Å². The Hall–Kier alpha value is -2.39. The number of aromatic nitrogens is 3. The third-order valence-electron chi connectivity index (χ3n) is 3.19. The van der Waals surface area contributed by atoms with Crippen LogP contribution >= 0.6 is 22.9 Å². The molecule has 2 aromatic heterocycles. The summed E-state index contributed by atoms with van der Waals surface area (Å²) in [6.07, 6.45) is -3.89. The molecule has 0 atom stereocenters. The van der Waals surface area contributed by atoms with E-state index in [2.05, 4.69) is 15.4 Å². The van der Waals surface area contributed by atoms with E-state index in [-0.39, 0.29) is 10.8 Å². The summed E-state index contributed by atoms with van der Waals surface area (Å²) in [7, 11) is 0. The maximum absolute atomic E-state index is 13.5. The van der Waals surface area contributed by atoms with Crippen molar-refractivity contribution >= 4 is 34.0 Å². The lowest BCUT2D eigenvalue weighted by molar-refractivity contribution is -0.143. The standard InChI is InChI=1S/C15H10ClF3N4OS/c1-8-7-25-14(21-8)22-13(24)11-6-20-23(12(11)15(17,18)19)10-4-2-9(16)3-5-10/h2-7H,1H3,(H,21,22,24). The summed E-state index contributed by atoms with van der Waals surface area (Å²) >= 11 is 6.88. The summed E-state index contributed by atoms with van der Waals surface area (Å²) in [4.78, 5) is 16.3. The highest BCUT2D eigenvalue weighted by atomic mass is 35.5. The molecule has 1 aromatic carbocycles.